The van der Waals surface area contributed by atoms with E-state index in [1.165, 1.54) is 37.4 Å². The van der Waals surface area contributed by atoms with Crippen molar-refractivity contribution in [3.05, 3.63) is 18.4 Å². The third-order valence-corrected chi connectivity index (χ3v) is 6.98. The summed E-state index contributed by atoms with van der Waals surface area (Å²) < 4.78 is 7.74. The van der Waals surface area contributed by atoms with Crippen molar-refractivity contribution in [2.75, 3.05) is 0 Å². The second-order valence-corrected chi connectivity index (χ2v) is 8.70. The van der Waals surface area contributed by atoms with Crippen molar-refractivity contribution >= 4 is 17.7 Å². The normalized spacial score (nSPS) is 27.5. The van der Waals surface area contributed by atoms with Gasteiger partial charge in [0.05, 0.1) is 11.5 Å². The van der Waals surface area contributed by atoms with Crippen LogP contribution >= 0.6 is 11.8 Å². The fourth-order valence-electron chi connectivity index (χ4n) is 4.59. The van der Waals surface area contributed by atoms with E-state index >= 15 is 0 Å². The van der Waals surface area contributed by atoms with E-state index in [9.17, 15) is 4.79 Å². The van der Waals surface area contributed by atoms with Gasteiger partial charge >= 0.3 is 0 Å². The SMILES string of the molecule is CC(Sc1nnc(-c2ccco2)n1C(C)C1CC2CCC1C2)C(N)=O. The number of carbonyl (C=O) groups is 1. The van der Waals surface area contributed by atoms with E-state index in [4.69, 9.17) is 10.2 Å². The highest BCUT2D eigenvalue weighted by atomic mass is 32.2. The van der Waals surface area contributed by atoms with Gasteiger partial charge in [-0.15, -0.1) is 10.2 Å². The van der Waals surface area contributed by atoms with Crippen LogP contribution in [0, 0.1) is 17.8 Å². The van der Waals surface area contributed by atoms with Crippen LogP contribution in [0.25, 0.3) is 11.6 Å². The van der Waals surface area contributed by atoms with Gasteiger partial charge in [-0.3, -0.25) is 9.36 Å². The number of rotatable bonds is 6. The summed E-state index contributed by atoms with van der Waals surface area (Å²) in [6.07, 6.45) is 6.99. The van der Waals surface area contributed by atoms with E-state index in [0.717, 1.165) is 22.8 Å². The first-order valence-corrected chi connectivity index (χ1v) is 9.87. The predicted octanol–water partition coefficient (Wildman–Crippen LogP) is 3.50. The number of aromatic nitrogens is 3. The van der Waals surface area contributed by atoms with E-state index < -0.39 is 0 Å². The first-order valence-electron chi connectivity index (χ1n) is 8.99. The van der Waals surface area contributed by atoms with Crippen molar-refractivity contribution in [3.63, 3.8) is 0 Å². The molecule has 2 heterocycles. The van der Waals surface area contributed by atoms with Gasteiger partial charge in [0.25, 0.3) is 0 Å². The maximum atomic E-state index is 11.5. The fourth-order valence-corrected chi connectivity index (χ4v) is 5.48. The first kappa shape index (κ1) is 16.7. The number of primary amides is 1. The summed E-state index contributed by atoms with van der Waals surface area (Å²) in [5.74, 6) is 3.40. The molecule has 25 heavy (non-hydrogen) atoms. The molecule has 2 fully saturated rings. The highest BCUT2D eigenvalue weighted by molar-refractivity contribution is 8.00. The minimum atomic E-state index is -0.348. The van der Waals surface area contributed by atoms with Crippen molar-refractivity contribution in [3.8, 4) is 11.6 Å². The summed E-state index contributed by atoms with van der Waals surface area (Å²) in [7, 11) is 0. The number of hydrogen-bond acceptors (Lipinski definition) is 5. The minimum absolute atomic E-state index is 0.271. The molecule has 5 atom stereocenters. The van der Waals surface area contributed by atoms with Crippen LogP contribution < -0.4 is 5.73 Å². The van der Waals surface area contributed by atoms with Crippen molar-refractivity contribution < 1.29 is 9.21 Å². The average molecular weight is 360 g/mol. The third kappa shape index (κ3) is 2.99. The Morgan fingerprint density at radius 3 is 2.80 bits per heavy atom. The number of nitrogens with zero attached hydrogens (tertiary/aromatic N) is 3. The molecule has 0 aliphatic heterocycles. The highest BCUT2D eigenvalue weighted by Gasteiger charge is 2.43. The zero-order chi connectivity index (χ0) is 17.6. The van der Waals surface area contributed by atoms with Gasteiger partial charge in [-0.05, 0) is 63.0 Å². The van der Waals surface area contributed by atoms with Crippen molar-refractivity contribution in [2.24, 2.45) is 23.5 Å². The van der Waals surface area contributed by atoms with Crippen LogP contribution in [0.15, 0.2) is 28.0 Å². The fraction of sp³-hybridized carbons (Fsp3) is 0.611. The maximum absolute atomic E-state index is 11.5. The van der Waals surface area contributed by atoms with Gasteiger partial charge in [-0.1, -0.05) is 18.2 Å². The Kier molecular flexibility index (Phi) is 4.35. The van der Waals surface area contributed by atoms with Crippen LogP contribution in [-0.2, 0) is 4.79 Å². The van der Waals surface area contributed by atoms with Crippen molar-refractivity contribution in [1.82, 2.24) is 14.8 Å². The molecule has 2 bridgehead atoms. The van der Waals surface area contributed by atoms with Gasteiger partial charge in [-0.2, -0.15) is 0 Å². The zero-order valence-corrected chi connectivity index (χ0v) is 15.4. The molecule has 0 spiro atoms. The standard InChI is InChI=1S/C18H24N4O2S/c1-10(14-9-12-5-6-13(14)8-12)22-17(15-4-3-7-24-15)20-21-18(22)25-11(2)16(19)23/h3-4,7,10-14H,5-6,8-9H2,1-2H3,(H2,19,23). The maximum Gasteiger partial charge on any atom is 0.230 e. The lowest BCUT2D eigenvalue weighted by molar-refractivity contribution is -0.117. The smallest absolute Gasteiger partial charge is 0.230 e. The molecule has 134 valence electrons. The highest BCUT2D eigenvalue weighted by Crippen LogP contribution is 2.53. The molecule has 4 rings (SSSR count). The second-order valence-electron chi connectivity index (χ2n) is 7.40. The summed E-state index contributed by atoms with van der Waals surface area (Å²) >= 11 is 1.38. The lowest BCUT2D eigenvalue weighted by Gasteiger charge is -2.30. The van der Waals surface area contributed by atoms with Gasteiger partial charge < -0.3 is 10.2 Å². The third-order valence-electron chi connectivity index (χ3n) is 5.91. The van der Waals surface area contributed by atoms with Crippen LogP contribution in [-0.4, -0.2) is 25.9 Å². The summed E-state index contributed by atoms with van der Waals surface area (Å²) in [5.41, 5.74) is 5.45. The number of carbonyl (C=O) groups excluding carboxylic acids is 1. The minimum Gasteiger partial charge on any atom is -0.461 e. The summed E-state index contributed by atoms with van der Waals surface area (Å²) in [6.45, 7) is 4.06. The molecule has 2 aromatic rings. The lowest BCUT2D eigenvalue weighted by Crippen LogP contribution is -2.25. The van der Waals surface area contributed by atoms with Gasteiger partial charge in [0.15, 0.2) is 10.9 Å². The Balaban J connectivity index is 1.69. The first-order chi connectivity index (χ1) is 12.0. The van der Waals surface area contributed by atoms with Gasteiger partial charge in [-0.25, -0.2) is 0 Å². The summed E-state index contributed by atoms with van der Waals surface area (Å²) in [4.78, 5) is 11.5. The Bertz CT molecular complexity index is 757. The summed E-state index contributed by atoms with van der Waals surface area (Å²) in [5, 5.41) is 9.12. The number of amides is 1. The molecule has 6 nitrogen and oxygen atoms in total. The molecule has 2 aliphatic carbocycles. The van der Waals surface area contributed by atoms with E-state index in [1.54, 1.807) is 13.2 Å². The molecule has 7 heteroatoms. The quantitative estimate of drug-likeness (QED) is 0.797. The molecule has 2 saturated carbocycles. The number of furan rings is 1. The number of thioether (sulfide) groups is 1. The largest absolute Gasteiger partial charge is 0.461 e. The molecule has 0 radical (unpaired) electrons. The molecule has 0 saturated heterocycles. The molecular weight excluding hydrogens is 336 g/mol. The Labute approximate surface area is 151 Å². The zero-order valence-electron chi connectivity index (χ0n) is 14.6. The predicted molar refractivity (Wildman–Crippen MR) is 95.9 cm³/mol. The second kappa shape index (κ2) is 6.52. The number of nitrogens with two attached hydrogens (primary N) is 1. The van der Waals surface area contributed by atoms with Gasteiger partial charge in [0.1, 0.15) is 0 Å². The van der Waals surface area contributed by atoms with Crippen LogP contribution in [0.1, 0.15) is 45.6 Å². The number of hydrogen-bond donors (Lipinski definition) is 1. The molecule has 2 aliphatic rings. The van der Waals surface area contributed by atoms with Crippen molar-refractivity contribution in [1.29, 1.82) is 0 Å². The molecule has 1 amide bonds. The van der Waals surface area contributed by atoms with E-state index in [1.807, 2.05) is 12.1 Å². The Morgan fingerprint density at radius 2 is 2.20 bits per heavy atom. The monoisotopic (exact) mass is 360 g/mol. The van der Waals surface area contributed by atoms with Crippen molar-refractivity contribution in [2.45, 2.75) is 56.0 Å². The molecular formula is C18H24N4O2S. The van der Waals surface area contributed by atoms with Gasteiger partial charge in [0, 0.05) is 6.04 Å². The van der Waals surface area contributed by atoms with Crippen LogP contribution in [0.3, 0.4) is 0 Å². The molecule has 2 N–H and O–H groups in total. The summed E-state index contributed by atoms with van der Waals surface area (Å²) in [6, 6.07) is 4.03. The van der Waals surface area contributed by atoms with Gasteiger partial charge in [0.2, 0.25) is 11.7 Å². The average Bonchev–Trinajstić information content (AvgIpc) is 3.36. The Morgan fingerprint density at radius 1 is 1.36 bits per heavy atom. The lowest BCUT2D eigenvalue weighted by atomic mass is 9.84. The van der Waals surface area contributed by atoms with Crippen LogP contribution in [0.5, 0.6) is 0 Å². The Hall–Kier alpha value is -1.76. The van der Waals surface area contributed by atoms with E-state index in [0.29, 0.717) is 11.7 Å². The molecule has 5 unspecified atom stereocenters. The van der Waals surface area contributed by atoms with E-state index in [-0.39, 0.29) is 17.2 Å². The molecule has 2 aromatic heterocycles. The van der Waals surface area contributed by atoms with Crippen LogP contribution in [0.2, 0.25) is 0 Å². The number of fused-ring (bicyclic) bond motifs is 2. The molecule has 0 aromatic carbocycles. The topological polar surface area (TPSA) is 86.9 Å². The van der Waals surface area contributed by atoms with Crippen LogP contribution in [0.4, 0.5) is 0 Å². The van der Waals surface area contributed by atoms with E-state index in [2.05, 4.69) is 21.7 Å².